The van der Waals surface area contributed by atoms with E-state index in [1.165, 1.54) is 19.3 Å². The lowest BCUT2D eigenvalue weighted by Gasteiger charge is -2.63. The predicted molar refractivity (Wildman–Crippen MR) is 140 cm³/mol. The van der Waals surface area contributed by atoms with Crippen LogP contribution in [0.5, 0.6) is 0 Å². The quantitative estimate of drug-likeness (QED) is 0.485. The Kier molecular flexibility index (Phi) is 6.24. The van der Waals surface area contributed by atoms with Crippen molar-refractivity contribution < 1.29 is 24.5 Å². The van der Waals surface area contributed by atoms with Gasteiger partial charge in [-0.15, -0.1) is 0 Å². The van der Waals surface area contributed by atoms with Gasteiger partial charge in [-0.1, -0.05) is 46.3 Å². The van der Waals surface area contributed by atoms with Crippen LogP contribution in [-0.4, -0.2) is 47.2 Å². The molecule has 5 rings (SSSR count). The fourth-order valence-corrected chi connectivity index (χ4v) is 10.2. The standard InChI is InChI=1S/C31H50O5/c1-27(2)23-10-9-21-20(29(23,5)14-13-24(27)32)12-16-30(6)19(11-15-31(21,30)7)18-17-22(36-26(18)35-8)25(33)28(3,4)34/h9,18-20,22-23,25-26,33-34H,10-17H2,1-8H3/t18-,19-,20-,22+,23-,25-,26+,29+,30-,31+/m0/s1. The predicted octanol–water partition coefficient (Wildman–Crippen LogP) is 5.67. The molecule has 5 heteroatoms. The SMILES string of the molecule is CO[C@@H]1O[C@@H]([C@H](O)C(C)(C)O)C[C@H]1[C@@H]1CC[C@]2(C)C3=CC[C@H]4C(C)(C)C(=O)CC[C@]4(C)[C@H]3CC[C@@]12C. The molecule has 2 N–H and O–H groups in total. The minimum Gasteiger partial charge on any atom is -0.388 e. The van der Waals surface area contributed by atoms with Crippen molar-refractivity contribution in [1.29, 1.82) is 0 Å². The lowest BCUT2D eigenvalue weighted by atomic mass is 9.41. The van der Waals surface area contributed by atoms with Crippen molar-refractivity contribution in [2.24, 2.45) is 45.3 Å². The Morgan fingerprint density at radius 3 is 2.44 bits per heavy atom. The molecule has 0 spiro atoms. The summed E-state index contributed by atoms with van der Waals surface area (Å²) in [5.41, 5.74) is 0.681. The number of ether oxygens (including phenoxy) is 2. The van der Waals surface area contributed by atoms with Gasteiger partial charge in [0.15, 0.2) is 6.29 Å². The largest absolute Gasteiger partial charge is 0.388 e. The number of fused-ring (bicyclic) bond motifs is 5. The number of ketones is 1. The smallest absolute Gasteiger partial charge is 0.160 e. The van der Waals surface area contributed by atoms with Gasteiger partial charge in [-0.05, 0) is 92.8 Å². The van der Waals surface area contributed by atoms with E-state index in [4.69, 9.17) is 9.47 Å². The molecule has 4 aliphatic carbocycles. The zero-order chi connectivity index (χ0) is 26.5. The van der Waals surface area contributed by atoms with Crippen LogP contribution in [0.3, 0.4) is 0 Å². The van der Waals surface area contributed by atoms with Crippen molar-refractivity contribution in [2.75, 3.05) is 7.11 Å². The van der Waals surface area contributed by atoms with Gasteiger partial charge in [0, 0.05) is 24.9 Å². The van der Waals surface area contributed by atoms with Crippen molar-refractivity contribution in [3.8, 4) is 0 Å². The first-order chi connectivity index (χ1) is 16.6. The van der Waals surface area contributed by atoms with Gasteiger partial charge in [0.05, 0.1) is 11.7 Å². The van der Waals surface area contributed by atoms with E-state index in [0.717, 1.165) is 32.1 Å². The van der Waals surface area contributed by atoms with Crippen LogP contribution < -0.4 is 0 Å². The van der Waals surface area contributed by atoms with E-state index in [1.54, 1.807) is 26.5 Å². The van der Waals surface area contributed by atoms with Gasteiger partial charge in [0.2, 0.25) is 0 Å². The number of carbonyl (C=O) groups excluding carboxylic acids is 1. The number of hydrogen-bond donors (Lipinski definition) is 2. The Labute approximate surface area is 218 Å². The second-order valence-electron chi connectivity index (χ2n) is 14.9. The summed E-state index contributed by atoms with van der Waals surface area (Å²) in [7, 11) is 1.71. The lowest BCUT2D eigenvalue weighted by Crippen LogP contribution is -2.57. The summed E-state index contributed by atoms with van der Waals surface area (Å²) >= 11 is 0. The monoisotopic (exact) mass is 502 g/mol. The normalized spacial score (nSPS) is 49.2. The van der Waals surface area contributed by atoms with E-state index < -0.39 is 17.8 Å². The van der Waals surface area contributed by atoms with Crippen LogP contribution in [0.1, 0.15) is 99.8 Å². The molecule has 0 aromatic carbocycles. The molecular weight excluding hydrogens is 452 g/mol. The minimum atomic E-state index is -1.21. The Morgan fingerprint density at radius 1 is 1.11 bits per heavy atom. The summed E-state index contributed by atoms with van der Waals surface area (Å²) in [6.07, 6.45) is 9.03. The molecule has 1 saturated heterocycles. The van der Waals surface area contributed by atoms with Crippen LogP contribution in [0.15, 0.2) is 11.6 Å². The highest BCUT2D eigenvalue weighted by Crippen LogP contribution is 2.73. The first-order valence-electron chi connectivity index (χ1n) is 14.4. The van der Waals surface area contributed by atoms with Gasteiger partial charge in [-0.3, -0.25) is 4.79 Å². The molecule has 3 saturated carbocycles. The van der Waals surface area contributed by atoms with Crippen LogP contribution in [0.4, 0.5) is 0 Å². The highest BCUT2D eigenvalue weighted by Gasteiger charge is 2.66. The molecule has 36 heavy (non-hydrogen) atoms. The molecule has 204 valence electrons. The number of hydrogen-bond acceptors (Lipinski definition) is 5. The van der Waals surface area contributed by atoms with Crippen LogP contribution in [0.25, 0.3) is 0 Å². The molecule has 0 radical (unpaired) electrons. The number of Topliss-reactive ketones (excluding diaryl/α,β-unsaturated/α-hetero) is 1. The molecule has 0 aromatic rings. The maximum atomic E-state index is 12.9. The number of allylic oxidation sites excluding steroid dienone is 2. The lowest BCUT2D eigenvalue weighted by molar-refractivity contribution is -0.184. The van der Waals surface area contributed by atoms with Crippen molar-refractivity contribution in [3.63, 3.8) is 0 Å². The zero-order valence-electron chi connectivity index (χ0n) is 23.9. The molecule has 0 aromatic heterocycles. The van der Waals surface area contributed by atoms with Gasteiger partial charge in [0.1, 0.15) is 11.9 Å². The first kappa shape index (κ1) is 26.8. The molecule has 4 fully saturated rings. The summed E-state index contributed by atoms with van der Waals surface area (Å²) in [5, 5.41) is 21.2. The van der Waals surface area contributed by atoms with Gasteiger partial charge in [0.25, 0.3) is 0 Å². The van der Waals surface area contributed by atoms with E-state index in [9.17, 15) is 15.0 Å². The maximum Gasteiger partial charge on any atom is 0.160 e. The third kappa shape index (κ3) is 3.51. The minimum absolute atomic E-state index is 0.130. The Balaban J connectivity index is 1.45. The summed E-state index contributed by atoms with van der Waals surface area (Å²) in [6, 6.07) is 0. The molecule has 5 nitrogen and oxygen atoms in total. The number of methoxy groups -OCH3 is 1. The third-order valence-electron chi connectivity index (χ3n) is 12.6. The van der Waals surface area contributed by atoms with Gasteiger partial charge >= 0.3 is 0 Å². The van der Waals surface area contributed by atoms with Crippen molar-refractivity contribution in [1.82, 2.24) is 0 Å². The molecule has 0 unspecified atom stereocenters. The summed E-state index contributed by atoms with van der Waals surface area (Å²) in [4.78, 5) is 12.9. The Bertz CT molecular complexity index is 932. The molecule has 0 bridgehead atoms. The maximum absolute atomic E-state index is 12.9. The summed E-state index contributed by atoms with van der Waals surface area (Å²) < 4.78 is 12.1. The second-order valence-corrected chi connectivity index (χ2v) is 14.9. The highest BCUT2D eigenvalue weighted by atomic mass is 16.7. The summed E-state index contributed by atoms with van der Waals surface area (Å²) in [6.45, 7) is 15.2. The average Bonchev–Trinajstić information content (AvgIpc) is 3.33. The van der Waals surface area contributed by atoms with E-state index in [0.29, 0.717) is 23.5 Å². The fraction of sp³-hybridized carbons (Fsp3) is 0.903. The number of aliphatic hydroxyl groups excluding tert-OH is 1. The molecule has 1 aliphatic heterocycles. The molecular formula is C31H50O5. The molecule has 10 atom stereocenters. The highest BCUT2D eigenvalue weighted by molar-refractivity contribution is 5.85. The molecule has 1 heterocycles. The van der Waals surface area contributed by atoms with Gasteiger partial charge < -0.3 is 19.7 Å². The molecule has 5 aliphatic rings. The topological polar surface area (TPSA) is 76.0 Å². The molecule has 0 amide bonds. The Hall–Kier alpha value is -0.750. The number of carbonyl (C=O) groups is 1. The van der Waals surface area contributed by atoms with Crippen molar-refractivity contribution in [2.45, 2.75) is 124 Å². The first-order valence-corrected chi connectivity index (χ1v) is 14.4. The van der Waals surface area contributed by atoms with Crippen molar-refractivity contribution in [3.05, 3.63) is 11.6 Å². The number of rotatable bonds is 4. The van der Waals surface area contributed by atoms with Gasteiger partial charge in [-0.2, -0.15) is 0 Å². The van der Waals surface area contributed by atoms with Crippen LogP contribution in [-0.2, 0) is 14.3 Å². The van der Waals surface area contributed by atoms with Crippen molar-refractivity contribution >= 4 is 5.78 Å². The van der Waals surface area contributed by atoms with Crippen LogP contribution in [0.2, 0.25) is 0 Å². The Morgan fingerprint density at radius 2 is 1.81 bits per heavy atom. The zero-order valence-corrected chi connectivity index (χ0v) is 23.9. The van der Waals surface area contributed by atoms with Crippen LogP contribution >= 0.6 is 0 Å². The van der Waals surface area contributed by atoms with Gasteiger partial charge in [-0.25, -0.2) is 0 Å². The third-order valence-corrected chi connectivity index (χ3v) is 12.6. The van der Waals surface area contributed by atoms with E-state index in [1.807, 2.05) is 0 Å². The van der Waals surface area contributed by atoms with Crippen LogP contribution in [0, 0.1) is 45.3 Å². The van der Waals surface area contributed by atoms with E-state index in [-0.39, 0.29) is 33.9 Å². The fourth-order valence-electron chi connectivity index (χ4n) is 10.2. The van der Waals surface area contributed by atoms with E-state index >= 15 is 0 Å². The summed E-state index contributed by atoms with van der Waals surface area (Å²) in [5.74, 6) is 2.09. The average molecular weight is 503 g/mol. The number of aliphatic hydroxyl groups is 2. The second kappa shape index (κ2) is 8.37. The van der Waals surface area contributed by atoms with E-state index in [2.05, 4.69) is 40.7 Å².